The monoisotopic (exact) mass is 375 g/mol. The lowest BCUT2D eigenvalue weighted by molar-refractivity contribution is -0.120. The van der Waals surface area contributed by atoms with Crippen molar-refractivity contribution in [2.45, 2.75) is 24.9 Å². The summed E-state index contributed by atoms with van der Waals surface area (Å²) in [6.07, 6.45) is 0. The first-order valence-corrected chi connectivity index (χ1v) is 8.58. The van der Waals surface area contributed by atoms with Gasteiger partial charge in [0.2, 0.25) is 5.91 Å². The Balaban J connectivity index is 0.00000243. The van der Waals surface area contributed by atoms with E-state index in [4.69, 9.17) is 10.5 Å². The molecule has 3 atom stereocenters. The fourth-order valence-corrected chi connectivity index (χ4v) is 3.38. The van der Waals surface area contributed by atoms with Crippen LogP contribution in [0, 0.1) is 0 Å². The first kappa shape index (κ1) is 20.2. The summed E-state index contributed by atoms with van der Waals surface area (Å²) in [5, 5.41) is 2.96. The van der Waals surface area contributed by atoms with Crippen molar-refractivity contribution in [1.29, 1.82) is 0 Å². The molecule has 1 heterocycles. The highest BCUT2D eigenvalue weighted by Crippen LogP contribution is 2.28. The van der Waals surface area contributed by atoms with Crippen molar-refractivity contribution in [2.75, 3.05) is 25.5 Å². The minimum atomic E-state index is -0.260. The summed E-state index contributed by atoms with van der Waals surface area (Å²) in [6, 6.07) is 17.5. The zero-order valence-electron chi connectivity index (χ0n) is 15.1. The van der Waals surface area contributed by atoms with Gasteiger partial charge in [-0.25, -0.2) is 0 Å². The molecule has 6 heteroatoms. The van der Waals surface area contributed by atoms with Crippen LogP contribution in [-0.2, 0) is 4.79 Å². The fraction of sp³-hybridized carbons (Fsp3) is 0.350. The molecule has 1 amide bonds. The van der Waals surface area contributed by atoms with Gasteiger partial charge in [0.15, 0.2) is 0 Å². The van der Waals surface area contributed by atoms with E-state index in [-0.39, 0.29) is 36.3 Å². The van der Waals surface area contributed by atoms with Gasteiger partial charge in [-0.05, 0) is 24.6 Å². The molecule has 1 fully saturated rings. The molecule has 3 N–H and O–H groups in total. The largest absolute Gasteiger partial charge is 0.495 e. The quantitative estimate of drug-likeness (QED) is 0.843. The Hall–Kier alpha value is -2.08. The third kappa shape index (κ3) is 4.36. The van der Waals surface area contributed by atoms with E-state index in [0.717, 1.165) is 6.54 Å². The SMILES string of the molecule is COc1ccccc1NC(=O)C(C)N1C[C@@H](N)[C@H](c2ccccc2)C1.Cl. The molecule has 0 saturated carbocycles. The molecule has 0 bridgehead atoms. The topological polar surface area (TPSA) is 67.6 Å². The number of methoxy groups -OCH3 is 1. The molecule has 0 aliphatic carbocycles. The zero-order chi connectivity index (χ0) is 17.8. The van der Waals surface area contributed by atoms with Gasteiger partial charge in [-0.15, -0.1) is 12.4 Å². The first-order valence-electron chi connectivity index (χ1n) is 8.58. The molecule has 1 aliphatic heterocycles. The molecular formula is C20H26ClN3O2. The molecular weight excluding hydrogens is 350 g/mol. The van der Waals surface area contributed by atoms with Crippen LogP contribution in [-0.4, -0.2) is 43.1 Å². The Kier molecular flexibility index (Phi) is 7.03. The van der Waals surface area contributed by atoms with Crippen molar-refractivity contribution in [2.24, 2.45) is 5.73 Å². The van der Waals surface area contributed by atoms with E-state index in [1.165, 1.54) is 5.56 Å². The lowest BCUT2D eigenvalue weighted by Crippen LogP contribution is -2.41. The molecule has 0 radical (unpaired) electrons. The van der Waals surface area contributed by atoms with E-state index in [9.17, 15) is 4.79 Å². The number of amides is 1. The van der Waals surface area contributed by atoms with E-state index in [1.807, 2.05) is 49.4 Å². The number of rotatable bonds is 5. The number of benzene rings is 2. The Morgan fingerprint density at radius 1 is 1.15 bits per heavy atom. The molecule has 26 heavy (non-hydrogen) atoms. The first-order chi connectivity index (χ1) is 12.1. The molecule has 0 spiro atoms. The molecule has 1 saturated heterocycles. The number of nitrogens with two attached hydrogens (primary N) is 1. The summed E-state index contributed by atoms with van der Waals surface area (Å²) >= 11 is 0. The third-order valence-corrected chi connectivity index (χ3v) is 4.91. The van der Waals surface area contributed by atoms with E-state index < -0.39 is 0 Å². The van der Waals surface area contributed by atoms with Crippen LogP contribution in [0.1, 0.15) is 18.4 Å². The Morgan fingerprint density at radius 3 is 2.50 bits per heavy atom. The average Bonchev–Trinajstić information content (AvgIpc) is 3.04. The van der Waals surface area contributed by atoms with Gasteiger partial charge in [-0.2, -0.15) is 0 Å². The summed E-state index contributed by atoms with van der Waals surface area (Å²) in [6.45, 7) is 3.41. The van der Waals surface area contributed by atoms with Crippen LogP contribution in [0.15, 0.2) is 54.6 Å². The van der Waals surface area contributed by atoms with Crippen LogP contribution in [0.25, 0.3) is 0 Å². The summed E-state index contributed by atoms with van der Waals surface area (Å²) in [5.41, 5.74) is 8.26. The number of anilines is 1. The van der Waals surface area contributed by atoms with Crippen molar-refractivity contribution >= 4 is 24.0 Å². The predicted molar refractivity (Wildman–Crippen MR) is 107 cm³/mol. The van der Waals surface area contributed by atoms with Crippen LogP contribution < -0.4 is 15.8 Å². The van der Waals surface area contributed by atoms with Crippen molar-refractivity contribution in [3.63, 3.8) is 0 Å². The van der Waals surface area contributed by atoms with Crippen molar-refractivity contribution in [3.8, 4) is 5.75 Å². The van der Waals surface area contributed by atoms with E-state index in [1.54, 1.807) is 7.11 Å². The Labute approximate surface area is 160 Å². The van der Waals surface area contributed by atoms with Crippen LogP contribution in [0.3, 0.4) is 0 Å². The number of nitrogens with one attached hydrogen (secondary N) is 1. The predicted octanol–water partition coefficient (Wildman–Crippen LogP) is 2.87. The zero-order valence-corrected chi connectivity index (χ0v) is 15.9. The molecule has 0 aromatic heterocycles. The lowest BCUT2D eigenvalue weighted by atomic mass is 9.95. The summed E-state index contributed by atoms with van der Waals surface area (Å²) in [7, 11) is 1.60. The third-order valence-electron chi connectivity index (χ3n) is 4.91. The van der Waals surface area contributed by atoms with Crippen LogP contribution in [0.5, 0.6) is 5.75 Å². The highest BCUT2D eigenvalue weighted by molar-refractivity contribution is 5.95. The maximum Gasteiger partial charge on any atom is 0.241 e. The number of halogens is 1. The average molecular weight is 376 g/mol. The highest BCUT2D eigenvalue weighted by atomic mass is 35.5. The number of ether oxygens (including phenoxy) is 1. The smallest absolute Gasteiger partial charge is 0.241 e. The summed E-state index contributed by atoms with van der Waals surface area (Å²) < 4.78 is 5.30. The van der Waals surface area contributed by atoms with Gasteiger partial charge in [-0.3, -0.25) is 9.69 Å². The van der Waals surface area contributed by atoms with Gasteiger partial charge in [0.05, 0.1) is 18.8 Å². The second-order valence-corrected chi connectivity index (χ2v) is 6.50. The van der Waals surface area contributed by atoms with Crippen molar-refractivity contribution < 1.29 is 9.53 Å². The minimum Gasteiger partial charge on any atom is -0.495 e. The maximum atomic E-state index is 12.7. The number of para-hydroxylation sites is 2. The molecule has 140 valence electrons. The molecule has 5 nitrogen and oxygen atoms in total. The standard InChI is InChI=1S/C20H25N3O2.ClH/c1-14(20(24)22-18-10-6-7-11-19(18)25-2)23-12-16(17(21)13-23)15-8-4-3-5-9-15;/h3-11,14,16-17H,12-13,21H2,1-2H3,(H,22,24);1H/t14?,16-,17+;/m0./s1. The normalized spacial score (nSPS) is 20.9. The molecule has 2 aromatic carbocycles. The van der Waals surface area contributed by atoms with E-state index in [2.05, 4.69) is 22.3 Å². The number of carbonyl (C=O) groups excluding carboxylic acids is 1. The fourth-order valence-electron chi connectivity index (χ4n) is 3.38. The van der Waals surface area contributed by atoms with Crippen molar-refractivity contribution in [3.05, 3.63) is 60.2 Å². The van der Waals surface area contributed by atoms with Crippen LogP contribution >= 0.6 is 12.4 Å². The lowest BCUT2D eigenvalue weighted by Gasteiger charge is -2.24. The Morgan fingerprint density at radius 2 is 1.81 bits per heavy atom. The van der Waals surface area contributed by atoms with Gasteiger partial charge in [0.25, 0.3) is 0 Å². The van der Waals surface area contributed by atoms with E-state index >= 15 is 0 Å². The number of hydrogen-bond acceptors (Lipinski definition) is 4. The van der Waals surface area contributed by atoms with Crippen molar-refractivity contribution in [1.82, 2.24) is 4.90 Å². The highest BCUT2D eigenvalue weighted by Gasteiger charge is 2.35. The molecule has 1 unspecified atom stereocenters. The number of hydrogen-bond donors (Lipinski definition) is 2. The Bertz CT molecular complexity index is 726. The molecule has 2 aromatic rings. The van der Waals surface area contributed by atoms with Gasteiger partial charge in [0.1, 0.15) is 5.75 Å². The minimum absolute atomic E-state index is 0. The molecule has 1 aliphatic rings. The molecule has 3 rings (SSSR count). The van der Waals surface area contributed by atoms with Gasteiger partial charge in [-0.1, -0.05) is 42.5 Å². The van der Waals surface area contributed by atoms with Crippen LogP contribution in [0.4, 0.5) is 5.69 Å². The van der Waals surface area contributed by atoms with E-state index in [0.29, 0.717) is 18.0 Å². The van der Waals surface area contributed by atoms with Gasteiger partial charge >= 0.3 is 0 Å². The maximum absolute atomic E-state index is 12.7. The van der Waals surface area contributed by atoms with Gasteiger partial charge < -0.3 is 15.8 Å². The number of likely N-dealkylation sites (tertiary alicyclic amines) is 1. The number of carbonyl (C=O) groups is 1. The summed E-state index contributed by atoms with van der Waals surface area (Å²) in [5.74, 6) is 0.858. The summed E-state index contributed by atoms with van der Waals surface area (Å²) in [4.78, 5) is 14.8. The second kappa shape index (κ2) is 9.03. The number of nitrogens with zero attached hydrogens (tertiary/aromatic N) is 1. The van der Waals surface area contributed by atoms with Crippen LogP contribution in [0.2, 0.25) is 0 Å². The van der Waals surface area contributed by atoms with Gasteiger partial charge in [0, 0.05) is 25.0 Å². The second-order valence-electron chi connectivity index (χ2n) is 6.50.